The van der Waals surface area contributed by atoms with E-state index in [-0.39, 0.29) is 5.91 Å². The summed E-state index contributed by atoms with van der Waals surface area (Å²) in [5, 5.41) is 9.27. The Morgan fingerprint density at radius 1 is 0.914 bits per heavy atom. The number of carbonyl (C=O) groups excluding carboxylic acids is 1. The lowest BCUT2D eigenvalue weighted by Gasteiger charge is -2.35. The van der Waals surface area contributed by atoms with Gasteiger partial charge in [0.1, 0.15) is 17.2 Å². The van der Waals surface area contributed by atoms with Gasteiger partial charge in [-0.2, -0.15) is 5.10 Å². The van der Waals surface area contributed by atoms with Crippen LogP contribution in [0.4, 0.5) is 5.82 Å². The van der Waals surface area contributed by atoms with Crippen LogP contribution in [-0.2, 0) is 0 Å². The van der Waals surface area contributed by atoms with E-state index in [0.29, 0.717) is 43.3 Å². The number of aromatic nitrogens is 5. The number of fused-ring (bicyclic) bond motifs is 1. The molecule has 0 aliphatic carbocycles. The smallest absolute Gasteiger partial charge is 0.254 e. The third-order valence-electron chi connectivity index (χ3n) is 6.20. The number of carbonyl (C=O) groups is 1. The molecule has 5 aromatic rings. The number of anilines is 1. The van der Waals surface area contributed by atoms with Crippen LogP contribution in [0.2, 0.25) is 0 Å². The molecular formula is C26H23N7O2. The molecule has 0 bridgehead atoms. The maximum absolute atomic E-state index is 13.3. The Labute approximate surface area is 201 Å². The SMILES string of the molecule is Cc1nc(N2CCN(C(=O)c3ccc4noc(-c5ccccc5)c4c3)CC2)cc(-n2cccn2)n1. The summed E-state index contributed by atoms with van der Waals surface area (Å²) in [5.74, 6) is 2.93. The zero-order valence-electron chi connectivity index (χ0n) is 19.2. The van der Waals surface area contributed by atoms with Crippen molar-refractivity contribution in [1.29, 1.82) is 0 Å². The first-order chi connectivity index (χ1) is 17.2. The molecule has 0 saturated carbocycles. The van der Waals surface area contributed by atoms with Gasteiger partial charge in [-0.15, -0.1) is 0 Å². The highest BCUT2D eigenvalue weighted by molar-refractivity contribution is 6.01. The Kier molecular flexibility index (Phi) is 5.21. The molecule has 0 spiro atoms. The van der Waals surface area contributed by atoms with Gasteiger partial charge in [0.05, 0.1) is 5.39 Å². The van der Waals surface area contributed by atoms with Crippen LogP contribution in [0.3, 0.4) is 0 Å². The van der Waals surface area contributed by atoms with Gasteiger partial charge in [-0.05, 0) is 31.2 Å². The van der Waals surface area contributed by atoms with Crippen molar-refractivity contribution in [3.05, 3.63) is 84.4 Å². The number of piperazine rings is 1. The van der Waals surface area contributed by atoms with E-state index in [2.05, 4.69) is 25.1 Å². The fraction of sp³-hybridized carbons (Fsp3) is 0.192. The first-order valence-corrected chi connectivity index (χ1v) is 11.5. The Morgan fingerprint density at radius 3 is 2.49 bits per heavy atom. The quantitative estimate of drug-likeness (QED) is 0.399. The molecule has 1 fully saturated rings. The van der Waals surface area contributed by atoms with Crippen LogP contribution < -0.4 is 4.90 Å². The molecule has 9 nitrogen and oxygen atoms in total. The van der Waals surface area contributed by atoms with Crippen molar-refractivity contribution in [2.45, 2.75) is 6.92 Å². The molecule has 0 unspecified atom stereocenters. The molecule has 0 atom stereocenters. The van der Waals surface area contributed by atoms with Crippen LogP contribution in [-0.4, -0.2) is 61.9 Å². The first-order valence-electron chi connectivity index (χ1n) is 11.5. The number of hydrogen-bond acceptors (Lipinski definition) is 7. The Morgan fingerprint density at radius 2 is 1.71 bits per heavy atom. The molecule has 3 aromatic heterocycles. The number of rotatable bonds is 4. The number of nitrogens with zero attached hydrogens (tertiary/aromatic N) is 7. The minimum absolute atomic E-state index is 0.00265. The van der Waals surface area contributed by atoms with E-state index in [1.165, 1.54) is 0 Å². The molecule has 0 N–H and O–H groups in total. The summed E-state index contributed by atoms with van der Waals surface area (Å²) >= 11 is 0. The van der Waals surface area contributed by atoms with Crippen LogP contribution in [0.25, 0.3) is 28.0 Å². The van der Waals surface area contributed by atoms with Gasteiger partial charge < -0.3 is 14.3 Å². The van der Waals surface area contributed by atoms with E-state index in [4.69, 9.17) is 4.52 Å². The van der Waals surface area contributed by atoms with E-state index >= 15 is 0 Å². The summed E-state index contributed by atoms with van der Waals surface area (Å²) < 4.78 is 7.32. The van der Waals surface area contributed by atoms with E-state index in [0.717, 1.165) is 28.1 Å². The monoisotopic (exact) mass is 465 g/mol. The van der Waals surface area contributed by atoms with Crippen molar-refractivity contribution in [3.63, 3.8) is 0 Å². The second kappa shape index (κ2) is 8.68. The summed E-state index contributed by atoms with van der Waals surface area (Å²) in [6.45, 7) is 4.45. The standard InChI is InChI=1S/C26H23N7O2/c1-18-28-23(17-24(29-18)33-11-5-10-27-33)31-12-14-32(15-13-31)26(34)20-8-9-22-21(16-20)25(35-30-22)19-6-3-2-4-7-19/h2-11,16-17H,12-15H2,1H3. The van der Waals surface area contributed by atoms with Gasteiger partial charge >= 0.3 is 0 Å². The molecular weight excluding hydrogens is 442 g/mol. The highest BCUT2D eigenvalue weighted by Crippen LogP contribution is 2.29. The van der Waals surface area contributed by atoms with Crippen LogP contribution in [0.1, 0.15) is 16.2 Å². The fourth-order valence-electron chi connectivity index (χ4n) is 4.41. The fourth-order valence-corrected chi connectivity index (χ4v) is 4.41. The summed E-state index contributed by atoms with van der Waals surface area (Å²) in [4.78, 5) is 26.5. The molecule has 1 saturated heterocycles. The molecule has 1 amide bonds. The molecule has 9 heteroatoms. The number of amides is 1. The summed E-state index contributed by atoms with van der Waals surface area (Å²) in [6, 6.07) is 19.1. The van der Waals surface area contributed by atoms with Gasteiger partial charge in [-0.1, -0.05) is 35.5 Å². The predicted octanol–water partition coefficient (Wildman–Crippen LogP) is 3.74. The zero-order chi connectivity index (χ0) is 23.8. The molecule has 4 heterocycles. The third kappa shape index (κ3) is 4.01. The number of hydrogen-bond donors (Lipinski definition) is 0. The second-order valence-electron chi connectivity index (χ2n) is 8.47. The zero-order valence-corrected chi connectivity index (χ0v) is 19.2. The molecule has 174 valence electrons. The van der Waals surface area contributed by atoms with E-state index in [1.54, 1.807) is 10.9 Å². The normalized spacial score (nSPS) is 14.0. The molecule has 2 aromatic carbocycles. The number of aryl methyl sites for hydroxylation is 1. The van der Waals surface area contributed by atoms with Gasteiger partial charge in [0.25, 0.3) is 5.91 Å². The van der Waals surface area contributed by atoms with Crippen molar-refractivity contribution >= 4 is 22.6 Å². The average molecular weight is 466 g/mol. The van der Waals surface area contributed by atoms with Crippen LogP contribution >= 0.6 is 0 Å². The van der Waals surface area contributed by atoms with Gasteiger partial charge in [0, 0.05) is 55.8 Å². The Hall–Kier alpha value is -4.53. The van der Waals surface area contributed by atoms with Crippen LogP contribution in [0, 0.1) is 6.92 Å². The Bertz CT molecular complexity index is 1490. The van der Waals surface area contributed by atoms with Crippen molar-refractivity contribution in [2.75, 3.05) is 31.1 Å². The molecule has 6 rings (SSSR count). The lowest BCUT2D eigenvalue weighted by Crippen LogP contribution is -2.49. The minimum Gasteiger partial charge on any atom is -0.355 e. The number of benzene rings is 2. The highest BCUT2D eigenvalue weighted by atomic mass is 16.5. The van der Waals surface area contributed by atoms with Crippen molar-refractivity contribution < 1.29 is 9.32 Å². The maximum atomic E-state index is 13.3. The molecule has 0 radical (unpaired) electrons. The predicted molar refractivity (Wildman–Crippen MR) is 131 cm³/mol. The van der Waals surface area contributed by atoms with Crippen LogP contribution in [0.15, 0.2) is 77.6 Å². The minimum atomic E-state index is 0.00265. The van der Waals surface area contributed by atoms with Crippen molar-refractivity contribution in [2.24, 2.45) is 0 Å². The van der Waals surface area contributed by atoms with Gasteiger partial charge in [-0.25, -0.2) is 14.6 Å². The van der Waals surface area contributed by atoms with Crippen LogP contribution in [0.5, 0.6) is 0 Å². The van der Waals surface area contributed by atoms with Gasteiger partial charge in [0.2, 0.25) is 0 Å². The van der Waals surface area contributed by atoms with E-state index in [9.17, 15) is 4.79 Å². The average Bonchev–Trinajstić information content (AvgIpc) is 3.59. The third-order valence-corrected chi connectivity index (χ3v) is 6.20. The van der Waals surface area contributed by atoms with Gasteiger partial charge in [0.15, 0.2) is 11.6 Å². The molecule has 35 heavy (non-hydrogen) atoms. The second-order valence-corrected chi connectivity index (χ2v) is 8.47. The summed E-state index contributed by atoms with van der Waals surface area (Å²) in [5.41, 5.74) is 2.30. The largest absolute Gasteiger partial charge is 0.355 e. The highest BCUT2D eigenvalue weighted by Gasteiger charge is 2.24. The maximum Gasteiger partial charge on any atom is 0.254 e. The molecule has 1 aliphatic heterocycles. The summed E-state index contributed by atoms with van der Waals surface area (Å²) in [6.07, 6.45) is 3.58. The van der Waals surface area contributed by atoms with E-state index in [1.807, 2.05) is 78.7 Å². The lowest BCUT2D eigenvalue weighted by molar-refractivity contribution is 0.0746. The molecule has 1 aliphatic rings. The Balaban J connectivity index is 1.20. The lowest BCUT2D eigenvalue weighted by atomic mass is 10.1. The van der Waals surface area contributed by atoms with Crippen molar-refractivity contribution in [1.82, 2.24) is 29.8 Å². The van der Waals surface area contributed by atoms with Gasteiger partial charge in [-0.3, -0.25) is 4.79 Å². The first kappa shape index (κ1) is 21.0. The van der Waals surface area contributed by atoms with Crippen molar-refractivity contribution in [3.8, 4) is 17.1 Å². The van der Waals surface area contributed by atoms with E-state index < -0.39 is 0 Å². The summed E-state index contributed by atoms with van der Waals surface area (Å²) in [7, 11) is 0. The topological polar surface area (TPSA) is 93.2 Å².